The van der Waals surface area contributed by atoms with Gasteiger partial charge in [0.2, 0.25) is 0 Å². The molecule has 1 atom stereocenters. The lowest BCUT2D eigenvalue weighted by atomic mass is 9.98. The Bertz CT molecular complexity index is 853. The molecule has 6 heteroatoms. The zero-order valence-corrected chi connectivity index (χ0v) is 15.6. The molecular weight excluding hydrogens is 388 g/mol. The molecule has 0 spiro atoms. The number of H-pyrrole nitrogens is 1. The summed E-state index contributed by atoms with van der Waals surface area (Å²) in [7, 11) is 1.67. The van der Waals surface area contributed by atoms with Gasteiger partial charge in [0, 0.05) is 24.4 Å². The van der Waals surface area contributed by atoms with Crippen LogP contribution in [0.3, 0.4) is 0 Å². The van der Waals surface area contributed by atoms with Gasteiger partial charge < -0.3 is 14.6 Å². The minimum Gasteiger partial charge on any atom is -0.497 e. The number of nitrogens with one attached hydrogen (secondary N) is 1. The first-order valence-corrected chi connectivity index (χ1v) is 9.46. The Morgan fingerprint density at radius 1 is 1.33 bits per heavy atom. The van der Waals surface area contributed by atoms with E-state index in [0.29, 0.717) is 11.6 Å². The number of hydrogen-bond acceptors (Lipinski definition) is 3. The molecule has 1 saturated heterocycles. The Morgan fingerprint density at radius 2 is 2.12 bits per heavy atom. The van der Waals surface area contributed by atoms with Crippen LogP contribution < -0.4 is 4.74 Å². The van der Waals surface area contributed by atoms with Crippen LogP contribution in [0.5, 0.6) is 5.75 Å². The molecule has 0 bridgehead atoms. The lowest BCUT2D eigenvalue weighted by Gasteiger charge is -2.16. The molecule has 0 aliphatic carbocycles. The van der Waals surface area contributed by atoms with Crippen molar-refractivity contribution in [3.63, 3.8) is 0 Å². The van der Waals surface area contributed by atoms with Crippen LogP contribution in [-0.4, -0.2) is 36.0 Å². The molecular formula is C18H17BrN2O2S. The molecule has 0 radical (unpaired) electrons. The van der Waals surface area contributed by atoms with Crippen LogP contribution in [0.25, 0.3) is 10.2 Å². The van der Waals surface area contributed by atoms with Gasteiger partial charge in [0.05, 0.1) is 10.9 Å². The third-order valence-electron chi connectivity index (χ3n) is 4.57. The number of aromatic amines is 1. The molecule has 24 heavy (non-hydrogen) atoms. The third-order valence-corrected chi connectivity index (χ3v) is 6.14. The van der Waals surface area contributed by atoms with Crippen molar-refractivity contribution in [2.45, 2.75) is 12.3 Å². The molecule has 0 saturated carbocycles. The molecule has 1 amide bonds. The van der Waals surface area contributed by atoms with Gasteiger partial charge in [0.15, 0.2) is 0 Å². The van der Waals surface area contributed by atoms with E-state index in [1.54, 1.807) is 18.4 Å². The summed E-state index contributed by atoms with van der Waals surface area (Å²) >= 11 is 5.08. The number of ether oxygens (including phenoxy) is 1. The molecule has 3 heterocycles. The van der Waals surface area contributed by atoms with E-state index in [1.165, 1.54) is 5.56 Å². The maximum atomic E-state index is 12.7. The summed E-state index contributed by atoms with van der Waals surface area (Å²) in [4.78, 5) is 19.0. The number of nitrogens with zero attached hydrogens (tertiary/aromatic N) is 1. The maximum Gasteiger partial charge on any atom is 0.270 e. The highest BCUT2D eigenvalue weighted by molar-refractivity contribution is 9.11. The standard InChI is InChI=1S/C18H17BrN2O2S/c1-23-14-4-2-11(3-5-14)12-6-7-21(10-12)18(22)15-8-13-9-16(19)24-17(13)20-15/h2-5,8-9,12,20H,6-7,10H2,1H3. The number of aromatic nitrogens is 1. The monoisotopic (exact) mass is 404 g/mol. The third kappa shape index (κ3) is 2.84. The molecule has 1 N–H and O–H groups in total. The number of rotatable bonds is 3. The fourth-order valence-electron chi connectivity index (χ4n) is 3.27. The molecule has 1 aliphatic heterocycles. The Labute approximate surface area is 152 Å². The summed E-state index contributed by atoms with van der Waals surface area (Å²) in [6.45, 7) is 1.56. The first kappa shape index (κ1) is 15.7. The van der Waals surface area contributed by atoms with Crippen LogP contribution in [0.4, 0.5) is 0 Å². The summed E-state index contributed by atoms with van der Waals surface area (Å²) in [5.41, 5.74) is 1.95. The van der Waals surface area contributed by atoms with Gasteiger partial charge in [-0.15, -0.1) is 11.3 Å². The number of thiophene rings is 1. The van der Waals surface area contributed by atoms with E-state index < -0.39 is 0 Å². The molecule has 1 unspecified atom stereocenters. The van der Waals surface area contributed by atoms with Gasteiger partial charge in [-0.2, -0.15) is 0 Å². The van der Waals surface area contributed by atoms with Crippen molar-refractivity contribution in [1.82, 2.24) is 9.88 Å². The summed E-state index contributed by atoms with van der Waals surface area (Å²) in [6.07, 6.45) is 0.999. The first-order chi connectivity index (χ1) is 11.6. The average molecular weight is 405 g/mol. The maximum absolute atomic E-state index is 12.7. The van der Waals surface area contributed by atoms with E-state index in [0.717, 1.165) is 39.3 Å². The van der Waals surface area contributed by atoms with Crippen LogP contribution in [0.15, 0.2) is 40.2 Å². The molecule has 4 nitrogen and oxygen atoms in total. The number of benzene rings is 1. The second-order valence-electron chi connectivity index (χ2n) is 6.03. The van der Waals surface area contributed by atoms with Crippen molar-refractivity contribution in [2.75, 3.05) is 20.2 Å². The highest BCUT2D eigenvalue weighted by atomic mass is 79.9. The number of carbonyl (C=O) groups excluding carboxylic acids is 1. The van der Waals surface area contributed by atoms with E-state index in [9.17, 15) is 4.79 Å². The van der Waals surface area contributed by atoms with Crippen LogP contribution in [0.2, 0.25) is 0 Å². The SMILES string of the molecule is COc1ccc(C2CCN(C(=O)c3cc4cc(Br)sc4[nH]3)C2)cc1. The van der Waals surface area contributed by atoms with Crippen LogP contribution in [0, 0.1) is 0 Å². The number of likely N-dealkylation sites (tertiary alicyclic amines) is 1. The van der Waals surface area contributed by atoms with Gasteiger partial charge in [-0.25, -0.2) is 0 Å². The molecule has 4 rings (SSSR count). The number of amides is 1. The van der Waals surface area contributed by atoms with Gasteiger partial charge in [-0.3, -0.25) is 4.79 Å². The van der Waals surface area contributed by atoms with Crippen molar-refractivity contribution < 1.29 is 9.53 Å². The Kier molecular flexibility index (Phi) is 4.10. The van der Waals surface area contributed by atoms with Crippen molar-refractivity contribution >= 4 is 43.4 Å². The molecule has 1 aromatic carbocycles. The largest absolute Gasteiger partial charge is 0.497 e. The minimum absolute atomic E-state index is 0.0885. The van der Waals surface area contributed by atoms with Crippen molar-refractivity contribution in [3.8, 4) is 5.75 Å². The predicted octanol–water partition coefficient (Wildman–Crippen LogP) is 4.63. The highest BCUT2D eigenvalue weighted by Gasteiger charge is 2.28. The van der Waals surface area contributed by atoms with Crippen molar-refractivity contribution in [3.05, 3.63) is 51.4 Å². The van der Waals surface area contributed by atoms with E-state index >= 15 is 0 Å². The van der Waals surface area contributed by atoms with Gasteiger partial charge in [0.25, 0.3) is 5.91 Å². The summed E-state index contributed by atoms with van der Waals surface area (Å²) in [6, 6.07) is 12.1. The molecule has 124 valence electrons. The fraction of sp³-hybridized carbons (Fsp3) is 0.278. The zero-order valence-electron chi connectivity index (χ0n) is 13.2. The topological polar surface area (TPSA) is 45.3 Å². The van der Waals surface area contributed by atoms with E-state index in [-0.39, 0.29) is 5.91 Å². The Hall–Kier alpha value is -1.79. The van der Waals surface area contributed by atoms with Crippen LogP contribution >= 0.6 is 27.3 Å². The summed E-state index contributed by atoms with van der Waals surface area (Å²) in [5.74, 6) is 1.35. The Morgan fingerprint density at radius 3 is 2.83 bits per heavy atom. The second kappa shape index (κ2) is 6.26. The predicted molar refractivity (Wildman–Crippen MR) is 100 cm³/mol. The van der Waals surface area contributed by atoms with Gasteiger partial charge in [-0.1, -0.05) is 12.1 Å². The average Bonchev–Trinajstić information content (AvgIpc) is 3.28. The summed E-state index contributed by atoms with van der Waals surface area (Å²) < 4.78 is 6.28. The molecule has 1 aliphatic rings. The number of halogens is 1. The molecule has 3 aromatic rings. The van der Waals surface area contributed by atoms with Crippen LogP contribution in [0.1, 0.15) is 28.4 Å². The molecule has 2 aromatic heterocycles. The number of carbonyl (C=O) groups is 1. The van der Waals surface area contributed by atoms with E-state index in [1.807, 2.05) is 29.2 Å². The van der Waals surface area contributed by atoms with Gasteiger partial charge >= 0.3 is 0 Å². The highest BCUT2D eigenvalue weighted by Crippen LogP contribution is 2.32. The lowest BCUT2D eigenvalue weighted by Crippen LogP contribution is -2.28. The Balaban J connectivity index is 1.48. The van der Waals surface area contributed by atoms with E-state index in [4.69, 9.17) is 4.74 Å². The van der Waals surface area contributed by atoms with Crippen LogP contribution in [-0.2, 0) is 0 Å². The second-order valence-corrected chi connectivity index (χ2v) is 8.46. The van der Waals surface area contributed by atoms with Crippen molar-refractivity contribution in [1.29, 1.82) is 0 Å². The molecule has 1 fully saturated rings. The quantitative estimate of drug-likeness (QED) is 0.691. The fourth-order valence-corrected chi connectivity index (χ4v) is 4.78. The first-order valence-electron chi connectivity index (χ1n) is 7.85. The lowest BCUT2D eigenvalue weighted by molar-refractivity contribution is 0.0786. The summed E-state index contributed by atoms with van der Waals surface area (Å²) in [5, 5.41) is 1.08. The number of methoxy groups -OCH3 is 1. The van der Waals surface area contributed by atoms with Gasteiger partial charge in [-0.05, 0) is 52.2 Å². The zero-order chi connectivity index (χ0) is 16.7. The van der Waals surface area contributed by atoms with Gasteiger partial charge in [0.1, 0.15) is 16.3 Å². The normalized spacial score (nSPS) is 17.6. The smallest absolute Gasteiger partial charge is 0.270 e. The van der Waals surface area contributed by atoms with E-state index in [2.05, 4.69) is 33.0 Å². The van der Waals surface area contributed by atoms with Crippen molar-refractivity contribution in [2.24, 2.45) is 0 Å². The number of hydrogen-bond donors (Lipinski definition) is 1. The minimum atomic E-state index is 0.0885. The number of fused-ring (bicyclic) bond motifs is 1.